The lowest BCUT2D eigenvalue weighted by molar-refractivity contribution is -0.119. The van der Waals surface area contributed by atoms with Gasteiger partial charge in [-0.2, -0.15) is 0 Å². The first-order valence-electron chi connectivity index (χ1n) is 10.6. The third-order valence-electron chi connectivity index (χ3n) is 5.77. The van der Waals surface area contributed by atoms with Gasteiger partial charge in [-0.1, -0.05) is 35.9 Å². The van der Waals surface area contributed by atoms with Gasteiger partial charge in [-0.25, -0.2) is 0 Å². The van der Waals surface area contributed by atoms with E-state index in [2.05, 4.69) is 0 Å². The van der Waals surface area contributed by atoms with Crippen molar-refractivity contribution in [2.24, 2.45) is 5.73 Å². The first kappa shape index (κ1) is 22.5. The molecule has 35 heavy (non-hydrogen) atoms. The SMILES string of the molecule is COc1ccc(N2C(=O)c3oc4ccccc4c(=O)c3C2c2ccc(OCC(N)=O)cc2)cc1Cl. The molecule has 0 saturated heterocycles. The number of nitrogens with two attached hydrogens (primary N) is 1. The van der Waals surface area contributed by atoms with Crippen molar-refractivity contribution in [1.29, 1.82) is 0 Å². The second kappa shape index (κ2) is 8.81. The fourth-order valence-electron chi connectivity index (χ4n) is 4.21. The van der Waals surface area contributed by atoms with Crippen molar-refractivity contribution in [3.05, 3.63) is 98.9 Å². The first-order valence-corrected chi connectivity index (χ1v) is 11.0. The minimum absolute atomic E-state index is 0.0281. The van der Waals surface area contributed by atoms with Gasteiger partial charge in [-0.15, -0.1) is 0 Å². The Morgan fingerprint density at radius 3 is 2.51 bits per heavy atom. The van der Waals surface area contributed by atoms with Gasteiger partial charge in [0.05, 0.1) is 29.1 Å². The Morgan fingerprint density at radius 2 is 1.83 bits per heavy atom. The van der Waals surface area contributed by atoms with Gasteiger partial charge in [-0.3, -0.25) is 19.3 Å². The molecule has 0 aliphatic carbocycles. The second-order valence-corrected chi connectivity index (χ2v) is 8.30. The van der Waals surface area contributed by atoms with Gasteiger partial charge in [0.1, 0.15) is 17.1 Å². The van der Waals surface area contributed by atoms with E-state index < -0.39 is 17.9 Å². The van der Waals surface area contributed by atoms with E-state index in [0.717, 1.165) is 0 Å². The summed E-state index contributed by atoms with van der Waals surface area (Å²) in [6, 6.07) is 17.7. The summed E-state index contributed by atoms with van der Waals surface area (Å²) < 4.78 is 16.5. The Bertz CT molecular complexity index is 1530. The summed E-state index contributed by atoms with van der Waals surface area (Å²) in [5, 5.41) is 0.687. The molecule has 176 valence electrons. The molecule has 1 atom stereocenters. The van der Waals surface area contributed by atoms with Crippen LogP contribution in [0, 0.1) is 0 Å². The number of amides is 2. The highest BCUT2D eigenvalue weighted by atomic mass is 35.5. The Hall–Kier alpha value is -4.30. The summed E-state index contributed by atoms with van der Waals surface area (Å²) in [4.78, 5) is 39.7. The van der Waals surface area contributed by atoms with Gasteiger partial charge in [-0.05, 0) is 48.0 Å². The highest BCUT2D eigenvalue weighted by molar-refractivity contribution is 6.32. The lowest BCUT2D eigenvalue weighted by Gasteiger charge is -2.26. The molecule has 0 spiro atoms. The van der Waals surface area contributed by atoms with Crippen molar-refractivity contribution in [2.45, 2.75) is 6.04 Å². The zero-order valence-corrected chi connectivity index (χ0v) is 19.2. The number of nitrogens with zero attached hydrogens (tertiary/aromatic N) is 1. The van der Waals surface area contributed by atoms with Gasteiger partial charge in [0, 0.05) is 5.69 Å². The number of carbonyl (C=O) groups is 2. The highest BCUT2D eigenvalue weighted by Gasteiger charge is 2.43. The number of para-hydroxylation sites is 1. The third-order valence-corrected chi connectivity index (χ3v) is 6.06. The van der Waals surface area contributed by atoms with Crippen LogP contribution in [0.5, 0.6) is 11.5 Å². The number of benzene rings is 3. The minimum atomic E-state index is -0.784. The third kappa shape index (κ3) is 3.87. The number of hydrogen-bond donors (Lipinski definition) is 1. The second-order valence-electron chi connectivity index (χ2n) is 7.89. The standard InChI is InChI=1S/C26H19ClN2O6/c1-33-20-11-8-15(12-18(20)27)29-23(14-6-9-16(10-7-14)34-13-21(28)30)22-24(31)17-4-2-3-5-19(17)35-25(22)26(29)32/h2-12,23H,13H2,1H3,(H2,28,30). The highest BCUT2D eigenvalue weighted by Crippen LogP contribution is 2.43. The zero-order valence-electron chi connectivity index (χ0n) is 18.5. The fraction of sp³-hybridized carbons (Fsp3) is 0.115. The molecule has 0 bridgehead atoms. The number of methoxy groups -OCH3 is 1. The summed E-state index contributed by atoms with van der Waals surface area (Å²) in [6.45, 7) is -0.268. The Labute approximate surface area is 204 Å². The Morgan fingerprint density at radius 1 is 1.09 bits per heavy atom. The summed E-state index contributed by atoms with van der Waals surface area (Å²) in [5.41, 5.74) is 6.51. The van der Waals surface area contributed by atoms with Crippen LogP contribution in [0.1, 0.15) is 27.7 Å². The molecule has 0 radical (unpaired) electrons. The predicted molar refractivity (Wildman–Crippen MR) is 130 cm³/mol. The number of primary amides is 1. The number of carbonyl (C=O) groups excluding carboxylic acids is 2. The number of ether oxygens (including phenoxy) is 2. The summed E-state index contributed by atoms with van der Waals surface area (Å²) in [7, 11) is 1.50. The number of hydrogen-bond acceptors (Lipinski definition) is 6. The van der Waals surface area contributed by atoms with Crippen molar-refractivity contribution in [2.75, 3.05) is 18.6 Å². The maximum atomic E-state index is 13.6. The van der Waals surface area contributed by atoms with E-state index in [-0.39, 0.29) is 23.4 Å². The van der Waals surface area contributed by atoms with Crippen LogP contribution in [0.3, 0.4) is 0 Å². The molecule has 0 fully saturated rings. The van der Waals surface area contributed by atoms with E-state index in [0.29, 0.717) is 38.7 Å². The smallest absolute Gasteiger partial charge is 0.295 e. The average molecular weight is 491 g/mol. The first-order chi connectivity index (χ1) is 16.9. The molecule has 2 amide bonds. The molecular weight excluding hydrogens is 472 g/mol. The number of rotatable bonds is 6. The molecule has 9 heteroatoms. The van der Waals surface area contributed by atoms with E-state index in [1.54, 1.807) is 66.7 Å². The molecule has 2 heterocycles. The summed E-state index contributed by atoms with van der Waals surface area (Å²) >= 11 is 6.36. The lowest BCUT2D eigenvalue weighted by Crippen LogP contribution is -2.29. The fourth-order valence-corrected chi connectivity index (χ4v) is 4.46. The molecule has 1 aliphatic heterocycles. The van der Waals surface area contributed by atoms with Crippen molar-refractivity contribution in [3.8, 4) is 11.5 Å². The van der Waals surface area contributed by atoms with Crippen LogP contribution in [0.25, 0.3) is 11.0 Å². The molecular formula is C26H19ClN2O6. The maximum Gasteiger partial charge on any atom is 0.295 e. The van der Waals surface area contributed by atoms with Gasteiger partial charge < -0.3 is 19.6 Å². The number of anilines is 1. The van der Waals surface area contributed by atoms with E-state index in [4.69, 9.17) is 31.2 Å². The van der Waals surface area contributed by atoms with Gasteiger partial charge in [0.25, 0.3) is 11.8 Å². The predicted octanol–water partition coefficient (Wildman–Crippen LogP) is 4.07. The van der Waals surface area contributed by atoms with Crippen molar-refractivity contribution < 1.29 is 23.5 Å². The Balaban J connectivity index is 1.68. The molecule has 1 aromatic heterocycles. The molecule has 2 N–H and O–H groups in total. The number of fused-ring (bicyclic) bond motifs is 2. The van der Waals surface area contributed by atoms with E-state index in [9.17, 15) is 14.4 Å². The van der Waals surface area contributed by atoms with Crippen molar-refractivity contribution >= 4 is 40.1 Å². The molecule has 4 aromatic rings. The largest absolute Gasteiger partial charge is 0.495 e. The van der Waals surface area contributed by atoms with Crippen LogP contribution in [0.4, 0.5) is 5.69 Å². The normalized spacial score (nSPS) is 14.7. The van der Waals surface area contributed by atoms with Crippen LogP contribution in [0.15, 0.2) is 75.9 Å². The van der Waals surface area contributed by atoms with E-state index in [1.165, 1.54) is 12.0 Å². The number of halogens is 1. The Kier molecular flexibility index (Phi) is 5.66. The topological polar surface area (TPSA) is 112 Å². The van der Waals surface area contributed by atoms with Crippen LogP contribution < -0.4 is 25.5 Å². The quantitative estimate of drug-likeness (QED) is 0.436. The molecule has 3 aromatic carbocycles. The minimum Gasteiger partial charge on any atom is -0.495 e. The maximum absolute atomic E-state index is 13.6. The van der Waals surface area contributed by atoms with Crippen LogP contribution in [0.2, 0.25) is 5.02 Å². The average Bonchev–Trinajstić information content (AvgIpc) is 3.15. The van der Waals surface area contributed by atoms with E-state index >= 15 is 0 Å². The van der Waals surface area contributed by atoms with Crippen LogP contribution in [-0.4, -0.2) is 25.5 Å². The zero-order chi connectivity index (χ0) is 24.7. The van der Waals surface area contributed by atoms with Crippen molar-refractivity contribution in [3.63, 3.8) is 0 Å². The van der Waals surface area contributed by atoms with Gasteiger partial charge in [0.15, 0.2) is 12.0 Å². The molecule has 5 rings (SSSR count). The van der Waals surface area contributed by atoms with E-state index in [1.807, 2.05) is 0 Å². The van der Waals surface area contributed by atoms with Crippen molar-refractivity contribution in [1.82, 2.24) is 0 Å². The summed E-state index contributed by atoms with van der Waals surface area (Å²) in [5.74, 6) is -0.229. The van der Waals surface area contributed by atoms with Gasteiger partial charge in [0.2, 0.25) is 5.76 Å². The lowest BCUT2D eigenvalue weighted by atomic mass is 9.98. The summed E-state index contributed by atoms with van der Waals surface area (Å²) in [6.07, 6.45) is 0. The molecule has 0 saturated carbocycles. The molecule has 1 aliphatic rings. The van der Waals surface area contributed by atoms with Crippen LogP contribution in [-0.2, 0) is 4.79 Å². The molecule has 8 nitrogen and oxygen atoms in total. The van der Waals surface area contributed by atoms with Gasteiger partial charge >= 0.3 is 0 Å². The monoisotopic (exact) mass is 490 g/mol. The molecule has 1 unspecified atom stereocenters. The van der Waals surface area contributed by atoms with Crippen LogP contribution >= 0.6 is 11.6 Å².